The van der Waals surface area contributed by atoms with Gasteiger partial charge in [-0.3, -0.25) is 9.59 Å². The first-order valence-electron chi connectivity index (χ1n) is 11.0. The number of nitrogens with zero attached hydrogens (tertiary/aromatic N) is 2. The molecule has 166 valence electrons. The van der Waals surface area contributed by atoms with Crippen molar-refractivity contribution < 1.29 is 14.7 Å². The van der Waals surface area contributed by atoms with Gasteiger partial charge in [0.1, 0.15) is 0 Å². The highest BCUT2D eigenvalue weighted by molar-refractivity contribution is 6.00. The summed E-state index contributed by atoms with van der Waals surface area (Å²) in [4.78, 5) is 26.9. The highest BCUT2D eigenvalue weighted by atomic mass is 16.3. The van der Waals surface area contributed by atoms with E-state index < -0.39 is 5.91 Å². The van der Waals surface area contributed by atoms with Gasteiger partial charge in [0.05, 0.1) is 17.2 Å². The molecule has 31 heavy (non-hydrogen) atoms. The van der Waals surface area contributed by atoms with Gasteiger partial charge in [-0.05, 0) is 70.2 Å². The van der Waals surface area contributed by atoms with Gasteiger partial charge in [0.25, 0.3) is 11.8 Å². The van der Waals surface area contributed by atoms with Crippen molar-refractivity contribution in [3.8, 4) is 5.69 Å². The van der Waals surface area contributed by atoms with Gasteiger partial charge in [-0.25, -0.2) is 0 Å². The second-order valence-corrected chi connectivity index (χ2v) is 9.60. The standard InChI is InChI=1S/C24H32N4O3/c1-14-13-28(20-12-24(2,3)27(4)23(31)21(14)20)16-7-10-18(22(25)30)19(11-16)26-15-5-8-17(29)9-6-15/h7,10-11,13,15,17,26,29H,5-6,8-9,12H2,1-4H3,(H2,25,30). The first-order valence-corrected chi connectivity index (χ1v) is 11.0. The fourth-order valence-electron chi connectivity index (χ4n) is 4.81. The van der Waals surface area contributed by atoms with Crippen molar-refractivity contribution in [2.45, 2.75) is 70.6 Å². The first kappa shape index (κ1) is 21.4. The Morgan fingerprint density at radius 3 is 2.55 bits per heavy atom. The number of benzene rings is 1. The number of hydrogen-bond donors (Lipinski definition) is 3. The molecular formula is C24H32N4O3. The van der Waals surface area contributed by atoms with E-state index in [4.69, 9.17) is 5.73 Å². The smallest absolute Gasteiger partial charge is 0.256 e. The van der Waals surface area contributed by atoms with Gasteiger partial charge in [0.15, 0.2) is 0 Å². The van der Waals surface area contributed by atoms with E-state index in [0.717, 1.165) is 54.6 Å². The predicted octanol–water partition coefficient (Wildman–Crippen LogP) is 3.01. The number of likely N-dealkylation sites (N-methyl/N-ethyl adjacent to an activating group) is 1. The average molecular weight is 425 g/mol. The molecule has 0 radical (unpaired) electrons. The number of carbonyl (C=O) groups excluding carboxylic acids is 2. The van der Waals surface area contributed by atoms with Crippen LogP contribution in [0.15, 0.2) is 24.4 Å². The van der Waals surface area contributed by atoms with Crippen molar-refractivity contribution in [1.29, 1.82) is 0 Å². The third kappa shape index (κ3) is 3.82. The monoisotopic (exact) mass is 424 g/mol. The number of nitrogens with one attached hydrogen (secondary N) is 1. The van der Waals surface area contributed by atoms with Gasteiger partial charge < -0.3 is 25.6 Å². The molecule has 2 aromatic rings. The third-order valence-electron chi connectivity index (χ3n) is 6.93. The van der Waals surface area contributed by atoms with Crippen LogP contribution in [0.1, 0.15) is 71.5 Å². The highest BCUT2D eigenvalue weighted by Gasteiger charge is 2.38. The van der Waals surface area contributed by atoms with E-state index in [9.17, 15) is 14.7 Å². The molecule has 1 aromatic carbocycles. The second kappa shape index (κ2) is 7.71. The number of amides is 2. The zero-order chi connectivity index (χ0) is 22.5. The van der Waals surface area contributed by atoms with Crippen LogP contribution in [-0.4, -0.2) is 51.1 Å². The second-order valence-electron chi connectivity index (χ2n) is 9.60. The fourth-order valence-corrected chi connectivity index (χ4v) is 4.81. The Labute approximate surface area is 183 Å². The number of hydrogen-bond acceptors (Lipinski definition) is 4. The molecule has 1 aliphatic carbocycles. The molecule has 1 aliphatic heterocycles. The molecule has 0 saturated heterocycles. The van der Waals surface area contributed by atoms with Gasteiger partial charge in [0, 0.05) is 48.3 Å². The normalized spacial score (nSPS) is 22.9. The van der Waals surface area contributed by atoms with Crippen LogP contribution >= 0.6 is 0 Å². The lowest BCUT2D eigenvalue weighted by atomic mass is 9.88. The fraction of sp³-hybridized carbons (Fsp3) is 0.500. The summed E-state index contributed by atoms with van der Waals surface area (Å²) in [6.45, 7) is 6.10. The minimum Gasteiger partial charge on any atom is -0.393 e. The summed E-state index contributed by atoms with van der Waals surface area (Å²) in [6, 6.07) is 5.76. The molecule has 2 heterocycles. The molecule has 1 fully saturated rings. The number of rotatable bonds is 4. The summed E-state index contributed by atoms with van der Waals surface area (Å²) in [6.07, 6.45) is 5.68. The van der Waals surface area contributed by atoms with E-state index in [1.165, 1.54) is 0 Å². The van der Waals surface area contributed by atoms with E-state index in [1.54, 1.807) is 6.07 Å². The Morgan fingerprint density at radius 2 is 1.90 bits per heavy atom. The van der Waals surface area contributed by atoms with E-state index in [2.05, 4.69) is 23.7 Å². The van der Waals surface area contributed by atoms with Crippen molar-refractivity contribution in [2.24, 2.45) is 5.73 Å². The van der Waals surface area contributed by atoms with Crippen LogP contribution in [-0.2, 0) is 6.42 Å². The molecule has 0 atom stereocenters. The summed E-state index contributed by atoms with van der Waals surface area (Å²) in [5, 5.41) is 13.3. The number of anilines is 1. The van der Waals surface area contributed by atoms with Crippen molar-refractivity contribution in [1.82, 2.24) is 9.47 Å². The lowest BCUT2D eigenvalue weighted by Gasteiger charge is -2.40. The van der Waals surface area contributed by atoms with Crippen LogP contribution in [0, 0.1) is 6.92 Å². The van der Waals surface area contributed by atoms with Crippen LogP contribution in [0.25, 0.3) is 5.69 Å². The lowest BCUT2D eigenvalue weighted by molar-refractivity contribution is 0.0587. The molecule has 1 aromatic heterocycles. The molecular weight excluding hydrogens is 392 g/mol. The molecule has 0 unspecified atom stereocenters. The van der Waals surface area contributed by atoms with E-state index in [0.29, 0.717) is 11.3 Å². The summed E-state index contributed by atoms with van der Waals surface area (Å²) in [5.74, 6) is -0.441. The minimum atomic E-state index is -0.478. The SMILES string of the molecule is Cc1cn(-c2ccc(C(N)=O)c(NC3CCC(O)CC3)c2)c2c1C(=O)N(C)C(C)(C)C2. The molecule has 0 bridgehead atoms. The number of aliphatic hydroxyl groups is 1. The summed E-state index contributed by atoms with van der Waals surface area (Å²) in [7, 11) is 1.85. The van der Waals surface area contributed by atoms with E-state index in [-0.39, 0.29) is 23.6 Å². The number of aryl methyl sites for hydroxylation is 1. The number of nitrogens with two attached hydrogens (primary N) is 1. The predicted molar refractivity (Wildman–Crippen MR) is 121 cm³/mol. The van der Waals surface area contributed by atoms with E-state index >= 15 is 0 Å². The maximum absolute atomic E-state index is 13.0. The number of aliphatic hydroxyl groups excluding tert-OH is 1. The zero-order valence-electron chi connectivity index (χ0n) is 18.7. The Balaban J connectivity index is 1.75. The first-order chi connectivity index (χ1) is 14.6. The summed E-state index contributed by atoms with van der Waals surface area (Å²) < 4.78 is 2.07. The van der Waals surface area contributed by atoms with Gasteiger partial charge >= 0.3 is 0 Å². The van der Waals surface area contributed by atoms with Crippen LogP contribution in [0.2, 0.25) is 0 Å². The summed E-state index contributed by atoms with van der Waals surface area (Å²) in [5.41, 5.74) is 10.1. The van der Waals surface area contributed by atoms with Crippen LogP contribution in [0.4, 0.5) is 5.69 Å². The van der Waals surface area contributed by atoms with Crippen molar-refractivity contribution in [2.75, 3.05) is 12.4 Å². The van der Waals surface area contributed by atoms with Crippen molar-refractivity contribution in [3.63, 3.8) is 0 Å². The maximum Gasteiger partial charge on any atom is 0.256 e. The Morgan fingerprint density at radius 1 is 1.23 bits per heavy atom. The molecule has 2 aliphatic rings. The molecule has 1 saturated carbocycles. The van der Waals surface area contributed by atoms with Gasteiger partial charge in [0.2, 0.25) is 0 Å². The minimum absolute atomic E-state index is 0.0374. The zero-order valence-corrected chi connectivity index (χ0v) is 18.7. The maximum atomic E-state index is 13.0. The Hall–Kier alpha value is -2.80. The van der Waals surface area contributed by atoms with Crippen molar-refractivity contribution >= 4 is 17.5 Å². The van der Waals surface area contributed by atoms with E-state index in [1.807, 2.05) is 37.2 Å². The van der Waals surface area contributed by atoms with Gasteiger partial charge in [-0.1, -0.05) is 0 Å². The molecule has 4 N–H and O–H groups in total. The molecule has 7 heteroatoms. The van der Waals surface area contributed by atoms with Gasteiger partial charge in [-0.15, -0.1) is 0 Å². The topological polar surface area (TPSA) is 101 Å². The van der Waals surface area contributed by atoms with Crippen molar-refractivity contribution in [3.05, 3.63) is 46.8 Å². The lowest BCUT2D eigenvalue weighted by Crippen LogP contribution is -2.50. The average Bonchev–Trinajstić information content (AvgIpc) is 3.03. The van der Waals surface area contributed by atoms with Crippen LogP contribution in [0.3, 0.4) is 0 Å². The third-order valence-corrected chi connectivity index (χ3v) is 6.93. The Kier molecular flexibility index (Phi) is 5.33. The number of fused-ring (bicyclic) bond motifs is 1. The quantitative estimate of drug-likeness (QED) is 0.702. The summed E-state index contributed by atoms with van der Waals surface area (Å²) >= 11 is 0. The molecule has 4 rings (SSSR count). The van der Waals surface area contributed by atoms with Crippen LogP contribution < -0.4 is 11.1 Å². The number of carbonyl (C=O) groups is 2. The number of aromatic nitrogens is 1. The number of primary amides is 1. The largest absolute Gasteiger partial charge is 0.393 e. The highest BCUT2D eigenvalue weighted by Crippen LogP contribution is 2.35. The van der Waals surface area contributed by atoms with Crippen LogP contribution in [0.5, 0.6) is 0 Å². The van der Waals surface area contributed by atoms with Gasteiger partial charge in [-0.2, -0.15) is 0 Å². The molecule has 0 spiro atoms. The molecule has 2 amide bonds. The Bertz CT molecular complexity index is 1030. The molecule has 7 nitrogen and oxygen atoms in total.